The zero-order valence-electron chi connectivity index (χ0n) is 27.8. The standard InChI is InChI=1S/C38H45N3O7/c1-24-17-18-25(2)28(23-24)40-21-12-19-38-32(35(44)41(34(38)36(40)45)20-10-5-11-22-42)31-29(48-38)15-8-9-16-30(43)39-26(3)33(47-37(31)46)27-13-6-4-7-14-27/h4,6-8,12-15,17-19,23,26,29,31-34,42H,5,9-11,16,20-22H2,1-3H3,(H,39,43)/b15-8-/t26-,29-,31+,32+,33+,34-,38+/m0/s1. The van der Waals surface area contributed by atoms with Crippen LogP contribution in [0.1, 0.15) is 61.8 Å². The van der Waals surface area contributed by atoms with Gasteiger partial charge in [0.1, 0.15) is 23.7 Å². The number of cyclic esters (lactones) is 1. The van der Waals surface area contributed by atoms with Crippen molar-refractivity contribution in [2.45, 2.75) is 82.8 Å². The van der Waals surface area contributed by atoms with E-state index in [1.165, 1.54) is 0 Å². The van der Waals surface area contributed by atoms with Crippen molar-refractivity contribution in [3.05, 3.63) is 89.5 Å². The third-order valence-corrected chi connectivity index (χ3v) is 10.1. The van der Waals surface area contributed by atoms with Crippen molar-refractivity contribution in [1.82, 2.24) is 10.2 Å². The lowest BCUT2D eigenvalue weighted by molar-refractivity contribution is -0.161. The summed E-state index contributed by atoms with van der Waals surface area (Å²) in [4.78, 5) is 60.0. The van der Waals surface area contributed by atoms with Gasteiger partial charge in [-0.25, -0.2) is 0 Å². The first-order chi connectivity index (χ1) is 23.2. The number of hydrogen-bond donors (Lipinski definition) is 2. The normalized spacial score (nSPS) is 31.2. The molecule has 2 aromatic rings. The van der Waals surface area contributed by atoms with Crippen LogP contribution in [-0.2, 0) is 28.7 Å². The van der Waals surface area contributed by atoms with E-state index in [1.54, 1.807) is 28.9 Å². The van der Waals surface area contributed by atoms with Crippen molar-refractivity contribution in [3.8, 4) is 0 Å². The minimum Gasteiger partial charge on any atom is -0.455 e. The monoisotopic (exact) mass is 655 g/mol. The smallest absolute Gasteiger partial charge is 0.313 e. The highest BCUT2D eigenvalue weighted by Gasteiger charge is 2.71. The maximum Gasteiger partial charge on any atom is 0.313 e. The molecule has 2 saturated heterocycles. The maximum atomic E-state index is 14.8. The molecule has 7 atom stereocenters. The van der Waals surface area contributed by atoms with Crippen molar-refractivity contribution in [2.75, 3.05) is 24.6 Å². The molecular weight excluding hydrogens is 610 g/mol. The van der Waals surface area contributed by atoms with Crippen LogP contribution >= 0.6 is 0 Å². The number of nitrogens with one attached hydrogen (secondary N) is 1. The SMILES string of the molecule is Cc1ccc(C)c(N2CC=C[C@@]34O[C@H]5/C=C\CCC(=O)N[C@@H](C)[C@H](c6ccccc6)OC(=O)[C@H]5[C@@H]3C(=O)N(CCCCCO)[C@H]4C2=O)c1. The van der Waals surface area contributed by atoms with Crippen molar-refractivity contribution < 1.29 is 33.8 Å². The molecule has 10 heteroatoms. The molecule has 2 fully saturated rings. The Morgan fingerprint density at radius 1 is 0.979 bits per heavy atom. The highest BCUT2D eigenvalue weighted by atomic mass is 16.6. The van der Waals surface area contributed by atoms with Crippen LogP contribution in [0, 0.1) is 25.7 Å². The van der Waals surface area contributed by atoms with Gasteiger partial charge in [-0.2, -0.15) is 0 Å². The van der Waals surface area contributed by atoms with Gasteiger partial charge in [0.15, 0.2) is 0 Å². The molecule has 2 N–H and O–H groups in total. The van der Waals surface area contributed by atoms with E-state index in [0.717, 1.165) is 16.8 Å². The van der Waals surface area contributed by atoms with E-state index in [2.05, 4.69) is 5.32 Å². The molecule has 4 aliphatic rings. The summed E-state index contributed by atoms with van der Waals surface area (Å²) in [5.74, 6) is -3.42. The highest BCUT2D eigenvalue weighted by Crippen LogP contribution is 2.53. The fraction of sp³-hybridized carbons (Fsp3) is 0.474. The molecule has 3 amide bonds. The van der Waals surface area contributed by atoms with Gasteiger partial charge >= 0.3 is 5.97 Å². The Morgan fingerprint density at radius 2 is 1.77 bits per heavy atom. The molecule has 0 saturated carbocycles. The number of allylic oxidation sites excluding steroid dienone is 1. The predicted octanol–water partition coefficient (Wildman–Crippen LogP) is 4.09. The number of esters is 1. The van der Waals surface area contributed by atoms with Gasteiger partial charge in [0, 0.05) is 31.8 Å². The van der Waals surface area contributed by atoms with Crippen LogP contribution in [0.5, 0.6) is 0 Å². The van der Waals surface area contributed by atoms with E-state index in [9.17, 15) is 24.3 Å². The largest absolute Gasteiger partial charge is 0.455 e. The predicted molar refractivity (Wildman–Crippen MR) is 180 cm³/mol. The minimum atomic E-state index is -1.42. The van der Waals surface area contributed by atoms with E-state index < -0.39 is 47.7 Å². The van der Waals surface area contributed by atoms with Crippen LogP contribution in [0.15, 0.2) is 72.8 Å². The van der Waals surface area contributed by atoms with Crippen molar-refractivity contribution in [1.29, 1.82) is 0 Å². The summed E-state index contributed by atoms with van der Waals surface area (Å²) in [6.45, 7) is 6.33. The third-order valence-electron chi connectivity index (χ3n) is 10.1. The van der Waals surface area contributed by atoms with Gasteiger partial charge in [-0.15, -0.1) is 0 Å². The molecule has 0 unspecified atom stereocenters. The number of benzene rings is 2. The number of aliphatic hydroxyl groups excluding tert-OH is 1. The number of anilines is 1. The fourth-order valence-electron chi connectivity index (χ4n) is 7.74. The quantitative estimate of drug-likeness (QED) is 0.262. The van der Waals surface area contributed by atoms with E-state index in [-0.39, 0.29) is 43.8 Å². The Kier molecular flexibility index (Phi) is 9.85. The summed E-state index contributed by atoms with van der Waals surface area (Å²) in [5.41, 5.74) is 1.99. The molecule has 0 radical (unpaired) electrons. The summed E-state index contributed by atoms with van der Waals surface area (Å²) in [5, 5.41) is 12.4. The Hall–Kier alpha value is -4.28. The first kappa shape index (κ1) is 33.6. The molecule has 48 heavy (non-hydrogen) atoms. The first-order valence-corrected chi connectivity index (χ1v) is 17.0. The number of carbonyl (C=O) groups is 4. The summed E-state index contributed by atoms with van der Waals surface area (Å²) in [7, 11) is 0. The number of ether oxygens (including phenoxy) is 2. The van der Waals surface area contributed by atoms with Gasteiger partial charge in [0.25, 0.3) is 5.91 Å². The summed E-state index contributed by atoms with van der Waals surface area (Å²) in [6.07, 6.45) is 8.06. The highest BCUT2D eigenvalue weighted by molar-refractivity contribution is 6.06. The van der Waals surface area contributed by atoms with Crippen LogP contribution in [0.4, 0.5) is 5.69 Å². The van der Waals surface area contributed by atoms with E-state index in [0.29, 0.717) is 31.2 Å². The lowest BCUT2D eigenvalue weighted by atomic mass is 9.77. The average molecular weight is 656 g/mol. The fourth-order valence-corrected chi connectivity index (χ4v) is 7.74. The molecule has 4 aliphatic heterocycles. The number of aliphatic hydroxyl groups is 1. The van der Waals surface area contributed by atoms with Crippen LogP contribution in [0.3, 0.4) is 0 Å². The van der Waals surface area contributed by atoms with Gasteiger partial charge in [-0.3, -0.25) is 19.2 Å². The lowest BCUT2D eigenvalue weighted by Gasteiger charge is -2.35. The van der Waals surface area contributed by atoms with Gasteiger partial charge in [0.2, 0.25) is 11.8 Å². The molecule has 0 bridgehead atoms. The molecule has 0 aliphatic carbocycles. The molecule has 4 heterocycles. The number of fused-ring (bicyclic) bond motifs is 2. The third kappa shape index (κ3) is 6.19. The number of amides is 3. The Bertz CT molecular complexity index is 1610. The van der Waals surface area contributed by atoms with Crippen LogP contribution in [0.25, 0.3) is 0 Å². The number of hydrogen-bond acceptors (Lipinski definition) is 7. The van der Waals surface area contributed by atoms with Crippen LogP contribution in [0.2, 0.25) is 0 Å². The number of rotatable bonds is 7. The number of nitrogens with zero attached hydrogens (tertiary/aromatic N) is 2. The second-order valence-electron chi connectivity index (χ2n) is 13.4. The van der Waals surface area contributed by atoms with Crippen molar-refractivity contribution in [3.63, 3.8) is 0 Å². The van der Waals surface area contributed by atoms with E-state index >= 15 is 0 Å². The Labute approximate surface area is 281 Å². The van der Waals surface area contributed by atoms with Crippen molar-refractivity contribution >= 4 is 29.4 Å². The lowest BCUT2D eigenvalue weighted by Crippen LogP contribution is -2.55. The average Bonchev–Trinajstić information content (AvgIpc) is 3.45. The molecule has 6 rings (SSSR count). The van der Waals surface area contributed by atoms with Crippen LogP contribution in [-0.4, -0.2) is 77.2 Å². The topological polar surface area (TPSA) is 125 Å². The molecule has 10 nitrogen and oxygen atoms in total. The number of unbranched alkanes of at least 4 members (excludes halogenated alkanes) is 2. The minimum absolute atomic E-state index is 0.0402. The molecule has 254 valence electrons. The van der Waals surface area contributed by atoms with E-state index in [1.807, 2.05) is 74.5 Å². The second-order valence-corrected chi connectivity index (χ2v) is 13.4. The number of carbonyl (C=O) groups excluding carboxylic acids is 4. The zero-order chi connectivity index (χ0) is 34.0. The van der Waals surface area contributed by atoms with Gasteiger partial charge in [-0.1, -0.05) is 66.8 Å². The summed E-state index contributed by atoms with van der Waals surface area (Å²) < 4.78 is 13.1. The first-order valence-electron chi connectivity index (χ1n) is 17.0. The van der Waals surface area contributed by atoms with Gasteiger partial charge < -0.3 is 29.7 Å². The molecular formula is C38H45N3O7. The summed E-state index contributed by atoms with van der Waals surface area (Å²) >= 11 is 0. The zero-order valence-corrected chi connectivity index (χ0v) is 27.8. The maximum absolute atomic E-state index is 14.8. The molecule has 1 spiro atoms. The van der Waals surface area contributed by atoms with Crippen molar-refractivity contribution in [2.24, 2.45) is 11.8 Å². The Balaban J connectivity index is 1.43. The van der Waals surface area contributed by atoms with E-state index in [4.69, 9.17) is 9.47 Å². The second kappa shape index (κ2) is 14.1. The van der Waals surface area contributed by atoms with Crippen LogP contribution < -0.4 is 10.2 Å². The Morgan fingerprint density at radius 3 is 2.54 bits per heavy atom. The number of likely N-dealkylation sites (tertiary alicyclic amines) is 1. The molecule has 0 aromatic heterocycles. The number of aryl methyl sites for hydroxylation is 2. The molecule has 2 aromatic carbocycles. The van der Waals surface area contributed by atoms with Gasteiger partial charge in [0.05, 0.1) is 18.1 Å². The van der Waals surface area contributed by atoms with Gasteiger partial charge in [-0.05, 0) is 69.2 Å². The summed E-state index contributed by atoms with van der Waals surface area (Å²) in [6, 6.07) is 13.6.